The highest BCUT2D eigenvalue weighted by Gasteiger charge is 2.19. The Morgan fingerprint density at radius 1 is 1.00 bits per heavy atom. The summed E-state index contributed by atoms with van der Waals surface area (Å²) in [6, 6.07) is 13.3. The van der Waals surface area contributed by atoms with Crippen LogP contribution in [0.2, 0.25) is 0 Å². The number of amides is 1. The van der Waals surface area contributed by atoms with Crippen LogP contribution in [-0.4, -0.2) is 43.2 Å². The van der Waals surface area contributed by atoms with E-state index in [4.69, 9.17) is 21.7 Å². The zero-order chi connectivity index (χ0) is 20.6. The normalized spacial score (nSPS) is 14.1. The largest absolute Gasteiger partial charge is 0.496 e. The summed E-state index contributed by atoms with van der Waals surface area (Å²) in [6.45, 7) is 3.31. The second-order valence-corrected chi connectivity index (χ2v) is 7.39. The lowest BCUT2D eigenvalue weighted by atomic mass is 10.1. The molecule has 0 saturated carbocycles. The van der Waals surface area contributed by atoms with Gasteiger partial charge in [-0.1, -0.05) is 24.6 Å². The zero-order valence-electron chi connectivity index (χ0n) is 16.9. The number of carbonyl (C=O) groups is 1. The highest BCUT2D eigenvalue weighted by atomic mass is 32.1. The first kappa shape index (κ1) is 21.1. The van der Waals surface area contributed by atoms with Crippen LogP contribution in [0.25, 0.3) is 0 Å². The van der Waals surface area contributed by atoms with Crippen molar-refractivity contribution in [2.24, 2.45) is 0 Å². The Morgan fingerprint density at radius 2 is 1.62 bits per heavy atom. The number of likely N-dealkylation sites (tertiary alicyclic amines) is 1. The summed E-state index contributed by atoms with van der Waals surface area (Å²) in [7, 11) is 3.02. The lowest BCUT2D eigenvalue weighted by Gasteiger charge is -2.26. The molecule has 6 nitrogen and oxygen atoms in total. The molecule has 1 fully saturated rings. The molecule has 0 aromatic heterocycles. The monoisotopic (exact) mass is 413 g/mol. The van der Waals surface area contributed by atoms with E-state index in [0.29, 0.717) is 17.1 Å². The quantitative estimate of drug-likeness (QED) is 0.702. The molecule has 1 aliphatic rings. The minimum absolute atomic E-state index is 0.215. The Labute approximate surface area is 177 Å². The molecule has 0 atom stereocenters. The van der Waals surface area contributed by atoms with E-state index < -0.39 is 5.91 Å². The minimum Gasteiger partial charge on any atom is -0.496 e. The van der Waals surface area contributed by atoms with E-state index in [0.717, 1.165) is 12.2 Å². The van der Waals surface area contributed by atoms with Gasteiger partial charge in [0.1, 0.15) is 17.1 Å². The number of ether oxygens (including phenoxy) is 2. The predicted octanol–water partition coefficient (Wildman–Crippen LogP) is 3.82. The molecule has 0 spiro atoms. The Bertz CT molecular complexity index is 827. The van der Waals surface area contributed by atoms with Crippen LogP contribution < -0.4 is 20.1 Å². The van der Waals surface area contributed by atoms with Gasteiger partial charge < -0.3 is 14.8 Å². The van der Waals surface area contributed by atoms with Crippen LogP contribution in [0.4, 0.5) is 5.69 Å². The molecule has 0 bridgehead atoms. The summed E-state index contributed by atoms with van der Waals surface area (Å²) < 4.78 is 10.6. The number of thiocarbonyl (C=S) groups is 1. The average molecular weight is 414 g/mol. The average Bonchev–Trinajstić information content (AvgIpc) is 2.75. The highest BCUT2D eigenvalue weighted by Crippen LogP contribution is 2.28. The number of piperidine rings is 1. The smallest absolute Gasteiger partial charge is 0.264 e. The van der Waals surface area contributed by atoms with Crippen LogP contribution in [0, 0.1) is 0 Å². The second kappa shape index (κ2) is 10.2. The number of rotatable bonds is 6. The van der Waals surface area contributed by atoms with Crippen LogP contribution in [-0.2, 0) is 6.54 Å². The van der Waals surface area contributed by atoms with Gasteiger partial charge in [0.05, 0.1) is 14.2 Å². The number of hydrogen-bond acceptors (Lipinski definition) is 5. The van der Waals surface area contributed by atoms with Crippen molar-refractivity contribution in [1.82, 2.24) is 10.2 Å². The molecule has 1 saturated heterocycles. The van der Waals surface area contributed by atoms with Crippen molar-refractivity contribution in [3.63, 3.8) is 0 Å². The maximum atomic E-state index is 12.7. The van der Waals surface area contributed by atoms with Gasteiger partial charge in [-0.3, -0.25) is 15.0 Å². The van der Waals surface area contributed by atoms with Crippen LogP contribution in [0.1, 0.15) is 35.2 Å². The Balaban J connectivity index is 1.58. The van der Waals surface area contributed by atoms with Gasteiger partial charge in [-0.25, -0.2) is 0 Å². The van der Waals surface area contributed by atoms with E-state index in [1.165, 1.54) is 52.1 Å². The van der Waals surface area contributed by atoms with E-state index in [2.05, 4.69) is 27.7 Å². The summed E-state index contributed by atoms with van der Waals surface area (Å²) in [6.07, 6.45) is 3.90. The van der Waals surface area contributed by atoms with Gasteiger partial charge in [-0.2, -0.15) is 0 Å². The van der Waals surface area contributed by atoms with Crippen LogP contribution >= 0.6 is 12.2 Å². The molecule has 1 heterocycles. The van der Waals surface area contributed by atoms with Crippen LogP contribution in [0.15, 0.2) is 42.5 Å². The lowest BCUT2D eigenvalue weighted by Crippen LogP contribution is -2.34. The molecule has 2 N–H and O–H groups in total. The van der Waals surface area contributed by atoms with Crippen molar-refractivity contribution in [1.29, 1.82) is 0 Å². The fraction of sp³-hybridized carbons (Fsp3) is 0.364. The first-order valence-electron chi connectivity index (χ1n) is 9.75. The standard InChI is InChI=1S/C22H27N3O3S/c1-27-18-7-6-8-19(28-2)20(18)21(26)24-22(29)23-17-11-9-16(10-12-17)15-25-13-4-3-5-14-25/h6-12H,3-5,13-15H2,1-2H3,(H2,23,24,26,29). The van der Waals surface area contributed by atoms with Crippen molar-refractivity contribution in [2.75, 3.05) is 32.6 Å². The third-order valence-electron chi connectivity index (χ3n) is 4.95. The van der Waals surface area contributed by atoms with Crippen molar-refractivity contribution in [3.05, 3.63) is 53.6 Å². The molecule has 0 radical (unpaired) electrons. The highest BCUT2D eigenvalue weighted by molar-refractivity contribution is 7.80. The van der Waals surface area contributed by atoms with E-state index in [1.54, 1.807) is 18.2 Å². The molecule has 154 valence electrons. The SMILES string of the molecule is COc1cccc(OC)c1C(=O)NC(=S)Nc1ccc(CN2CCCCC2)cc1. The number of benzene rings is 2. The summed E-state index contributed by atoms with van der Waals surface area (Å²) in [5, 5.41) is 5.95. The molecule has 7 heteroatoms. The Hall–Kier alpha value is -2.64. The molecule has 1 amide bonds. The molecular weight excluding hydrogens is 386 g/mol. The maximum Gasteiger partial charge on any atom is 0.264 e. The van der Waals surface area contributed by atoms with Gasteiger partial charge in [0, 0.05) is 12.2 Å². The molecule has 1 aliphatic heterocycles. The number of anilines is 1. The first-order valence-corrected chi connectivity index (χ1v) is 10.2. The van der Waals surface area contributed by atoms with Crippen LogP contribution in [0.3, 0.4) is 0 Å². The zero-order valence-corrected chi connectivity index (χ0v) is 17.7. The molecule has 2 aromatic carbocycles. The topological polar surface area (TPSA) is 62.8 Å². The summed E-state index contributed by atoms with van der Waals surface area (Å²) in [5.74, 6) is 0.456. The van der Waals surface area contributed by atoms with Gasteiger partial charge in [0.25, 0.3) is 5.91 Å². The van der Waals surface area contributed by atoms with Crippen molar-refractivity contribution in [3.8, 4) is 11.5 Å². The Morgan fingerprint density at radius 3 is 2.21 bits per heavy atom. The predicted molar refractivity (Wildman–Crippen MR) is 119 cm³/mol. The van der Waals surface area contributed by atoms with Gasteiger partial charge in [0.2, 0.25) is 0 Å². The fourth-order valence-electron chi connectivity index (χ4n) is 3.47. The summed E-state index contributed by atoms with van der Waals surface area (Å²) in [4.78, 5) is 15.2. The van der Waals surface area contributed by atoms with Crippen LogP contribution in [0.5, 0.6) is 11.5 Å². The van der Waals surface area contributed by atoms with Crippen molar-refractivity contribution in [2.45, 2.75) is 25.8 Å². The Kier molecular flexibility index (Phi) is 7.43. The molecule has 2 aromatic rings. The number of methoxy groups -OCH3 is 2. The third kappa shape index (κ3) is 5.68. The van der Waals surface area contributed by atoms with E-state index in [-0.39, 0.29) is 5.11 Å². The second-order valence-electron chi connectivity index (χ2n) is 6.98. The minimum atomic E-state index is -0.390. The van der Waals surface area contributed by atoms with Gasteiger partial charge in [-0.15, -0.1) is 0 Å². The van der Waals surface area contributed by atoms with Crippen molar-refractivity contribution < 1.29 is 14.3 Å². The molecular formula is C22H27N3O3S. The number of hydrogen-bond donors (Lipinski definition) is 2. The molecule has 29 heavy (non-hydrogen) atoms. The fourth-order valence-corrected chi connectivity index (χ4v) is 3.68. The lowest BCUT2D eigenvalue weighted by molar-refractivity contribution is 0.0971. The summed E-state index contributed by atoms with van der Waals surface area (Å²) >= 11 is 5.30. The molecule has 0 aliphatic carbocycles. The first-order chi connectivity index (χ1) is 14.1. The molecule has 3 rings (SSSR count). The van der Waals surface area contributed by atoms with Gasteiger partial charge in [-0.05, 0) is 68.0 Å². The number of carbonyl (C=O) groups excluding carboxylic acids is 1. The summed E-state index contributed by atoms with van der Waals surface area (Å²) in [5.41, 5.74) is 2.40. The maximum absolute atomic E-state index is 12.7. The van der Waals surface area contributed by atoms with E-state index >= 15 is 0 Å². The third-order valence-corrected chi connectivity index (χ3v) is 5.15. The van der Waals surface area contributed by atoms with E-state index in [9.17, 15) is 4.79 Å². The van der Waals surface area contributed by atoms with Gasteiger partial charge >= 0.3 is 0 Å². The van der Waals surface area contributed by atoms with Crippen molar-refractivity contribution >= 4 is 28.9 Å². The van der Waals surface area contributed by atoms with Gasteiger partial charge in [0.15, 0.2) is 5.11 Å². The number of nitrogens with one attached hydrogen (secondary N) is 2. The van der Waals surface area contributed by atoms with E-state index in [1.807, 2.05) is 12.1 Å². The number of nitrogens with zero attached hydrogens (tertiary/aromatic N) is 1. The molecule has 0 unspecified atom stereocenters.